The van der Waals surface area contributed by atoms with E-state index in [9.17, 15) is 4.79 Å². The molecule has 1 rings (SSSR count). The molecule has 0 bridgehead atoms. The summed E-state index contributed by atoms with van der Waals surface area (Å²) in [6.45, 7) is 10.2. The van der Waals surface area contributed by atoms with Gasteiger partial charge in [-0.25, -0.2) is 0 Å². The van der Waals surface area contributed by atoms with Crippen LogP contribution in [0.1, 0.15) is 39.7 Å². The zero-order valence-corrected chi connectivity index (χ0v) is 11.8. The van der Waals surface area contributed by atoms with Gasteiger partial charge in [-0.1, -0.05) is 32.9 Å². The second kappa shape index (κ2) is 6.55. The molecular weight excluding hydrogens is 224 g/mol. The number of nitrogens with one attached hydrogen (secondary N) is 2. The minimum absolute atomic E-state index is 0.0361. The lowest BCUT2D eigenvalue weighted by Crippen LogP contribution is -2.20. The molecule has 1 aromatic carbocycles. The third-order valence-electron chi connectivity index (χ3n) is 2.66. The zero-order chi connectivity index (χ0) is 13.6. The number of carbonyl (C=O) groups excluding carboxylic acids is 1. The van der Waals surface area contributed by atoms with E-state index in [4.69, 9.17) is 0 Å². The number of benzene rings is 1. The molecule has 0 saturated carbocycles. The Morgan fingerprint density at radius 1 is 1.17 bits per heavy atom. The van der Waals surface area contributed by atoms with Crippen molar-refractivity contribution in [2.45, 2.75) is 40.7 Å². The quantitative estimate of drug-likeness (QED) is 0.786. The minimum atomic E-state index is -0.0361. The van der Waals surface area contributed by atoms with Crippen molar-refractivity contribution in [2.75, 3.05) is 11.9 Å². The van der Waals surface area contributed by atoms with E-state index in [2.05, 4.69) is 31.4 Å². The second-order valence-electron chi connectivity index (χ2n) is 5.87. The van der Waals surface area contributed by atoms with E-state index in [1.807, 2.05) is 24.3 Å². The average Bonchev–Trinajstić information content (AvgIpc) is 2.24. The van der Waals surface area contributed by atoms with Crippen molar-refractivity contribution in [1.29, 1.82) is 0 Å². The number of hydrogen-bond donors (Lipinski definition) is 2. The molecule has 0 aliphatic heterocycles. The van der Waals surface area contributed by atoms with Crippen LogP contribution in [-0.2, 0) is 11.3 Å². The lowest BCUT2D eigenvalue weighted by molar-refractivity contribution is -0.114. The maximum atomic E-state index is 10.9. The number of hydrogen-bond acceptors (Lipinski definition) is 2. The summed E-state index contributed by atoms with van der Waals surface area (Å²) in [5, 5.41) is 6.19. The van der Waals surface area contributed by atoms with Gasteiger partial charge >= 0.3 is 0 Å². The molecule has 3 heteroatoms. The van der Waals surface area contributed by atoms with Crippen LogP contribution in [0.4, 0.5) is 5.69 Å². The van der Waals surface area contributed by atoms with Gasteiger partial charge < -0.3 is 10.6 Å². The summed E-state index contributed by atoms with van der Waals surface area (Å²) in [4.78, 5) is 10.9. The average molecular weight is 248 g/mol. The molecule has 0 aliphatic rings. The Labute approximate surface area is 110 Å². The van der Waals surface area contributed by atoms with E-state index >= 15 is 0 Å². The number of amides is 1. The smallest absolute Gasteiger partial charge is 0.221 e. The predicted octanol–water partition coefficient (Wildman–Crippen LogP) is 3.17. The first-order valence-electron chi connectivity index (χ1n) is 6.44. The Bertz CT molecular complexity index is 376. The predicted molar refractivity (Wildman–Crippen MR) is 76.5 cm³/mol. The fourth-order valence-corrected chi connectivity index (χ4v) is 1.61. The van der Waals surface area contributed by atoms with Crippen molar-refractivity contribution in [1.82, 2.24) is 5.32 Å². The summed E-state index contributed by atoms with van der Waals surface area (Å²) in [6, 6.07) is 7.94. The highest BCUT2D eigenvalue weighted by molar-refractivity contribution is 5.88. The highest BCUT2D eigenvalue weighted by Crippen LogP contribution is 2.17. The number of carbonyl (C=O) groups is 1. The van der Waals surface area contributed by atoms with Crippen LogP contribution in [0.25, 0.3) is 0 Å². The zero-order valence-electron chi connectivity index (χ0n) is 11.8. The second-order valence-corrected chi connectivity index (χ2v) is 5.87. The van der Waals surface area contributed by atoms with Crippen LogP contribution < -0.4 is 10.6 Å². The van der Waals surface area contributed by atoms with Crippen LogP contribution in [0.15, 0.2) is 24.3 Å². The Kier molecular flexibility index (Phi) is 5.35. The number of anilines is 1. The van der Waals surface area contributed by atoms with Gasteiger partial charge in [-0.2, -0.15) is 0 Å². The van der Waals surface area contributed by atoms with Gasteiger partial charge in [-0.15, -0.1) is 0 Å². The van der Waals surface area contributed by atoms with E-state index in [-0.39, 0.29) is 5.91 Å². The summed E-state index contributed by atoms with van der Waals surface area (Å²) in [7, 11) is 0. The van der Waals surface area contributed by atoms with Crippen LogP contribution in [0.3, 0.4) is 0 Å². The Morgan fingerprint density at radius 3 is 2.28 bits per heavy atom. The van der Waals surface area contributed by atoms with Crippen molar-refractivity contribution in [3.05, 3.63) is 29.8 Å². The normalized spacial score (nSPS) is 11.3. The van der Waals surface area contributed by atoms with Crippen molar-refractivity contribution in [2.24, 2.45) is 5.41 Å². The van der Waals surface area contributed by atoms with Crippen LogP contribution in [-0.4, -0.2) is 12.5 Å². The fourth-order valence-electron chi connectivity index (χ4n) is 1.61. The molecule has 3 nitrogen and oxygen atoms in total. The summed E-state index contributed by atoms with van der Waals surface area (Å²) in [5.74, 6) is -0.0361. The summed E-state index contributed by atoms with van der Waals surface area (Å²) >= 11 is 0. The van der Waals surface area contributed by atoms with Gasteiger partial charge in [0, 0.05) is 19.2 Å². The van der Waals surface area contributed by atoms with Gasteiger partial charge in [0.2, 0.25) is 5.91 Å². The van der Waals surface area contributed by atoms with E-state index in [0.29, 0.717) is 5.41 Å². The third kappa shape index (κ3) is 6.40. The first-order valence-corrected chi connectivity index (χ1v) is 6.44. The van der Waals surface area contributed by atoms with Crippen molar-refractivity contribution in [3.63, 3.8) is 0 Å². The van der Waals surface area contributed by atoms with Gasteiger partial charge in [0.1, 0.15) is 0 Å². The van der Waals surface area contributed by atoms with Gasteiger partial charge in [0.05, 0.1) is 0 Å². The molecular formula is C15H24N2O. The molecule has 0 atom stereocenters. The molecule has 1 aromatic rings. The maximum Gasteiger partial charge on any atom is 0.221 e. The van der Waals surface area contributed by atoms with Gasteiger partial charge in [-0.3, -0.25) is 4.79 Å². The van der Waals surface area contributed by atoms with E-state index in [1.165, 1.54) is 12.5 Å². The van der Waals surface area contributed by atoms with Gasteiger partial charge in [0.25, 0.3) is 0 Å². The van der Waals surface area contributed by atoms with E-state index in [1.54, 1.807) is 0 Å². The molecule has 1 amide bonds. The Morgan fingerprint density at radius 2 is 1.78 bits per heavy atom. The standard InChI is InChI=1S/C15H24N2O/c1-12(18)17-14-7-5-13(6-8-14)11-16-10-9-15(2,3)4/h5-8,16H,9-11H2,1-4H3,(H,17,18). The van der Waals surface area contributed by atoms with Crippen molar-refractivity contribution >= 4 is 11.6 Å². The molecule has 2 N–H and O–H groups in total. The van der Waals surface area contributed by atoms with E-state index < -0.39 is 0 Å². The lowest BCUT2D eigenvalue weighted by atomic mass is 9.92. The molecule has 0 saturated heterocycles. The lowest BCUT2D eigenvalue weighted by Gasteiger charge is -2.18. The highest BCUT2D eigenvalue weighted by atomic mass is 16.1. The van der Waals surface area contributed by atoms with Crippen LogP contribution in [0.5, 0.6) is 0 Å². The maximum absolute atomic E-state index is 10.9. The van der Waals surface area contributed by atoms with E-state index in [0.717, 1.165) is 25.2 Å². The number of rotatable bonds is 5. The first kappa shape index (κ1) is 14.7. The third-order valence-corrected chi connectivity index (χ3v) is 2.66. The molecule has 18 heavy (non-hydrogen) atoms. The molecule has 0 heterocycles. The SMILES string of the molecule is CC(=O)Nc1ccc(CNCCC(C)(C)C)cc1. The Balaban J connectivity index is 2.33. The molecule has 0 aromatic heterocycles. The minimum Gasteiger partial charge on any atom is -0.326 e. The van der Waals surface area contributed by atoms with Gasteiger partial charge in [-0.05, 0) is 36.1 Å². The summed E-state index contributed by atoms with van der Waals surface area (Å²) in [5.41, 5.74) is 2.46. The molecule has 0 aliphatic carbocycles. The molecule has 0 fully saturated rings. The topological polar surface area (TPSA) is 41.1 Å². The summed E-state index contributed by atoms with van der Waals surface area (Å²) < 4.78 is 0. The molecule has 0 unspecified atom stereocenters. The molecule has 100 valence electrons. The molecule has 0 radical (unpaired) electrons. The van der Waals surface area contributed by atoms with Crippen LogP contribution in [0, 0.1) is 5.41 Å². The van der Waals surface area contributed by atoms with Crippen LogP contribution in [0.2, 0.25) is 0 Å². The summed E-state index contributed by atoms with van der Waals surface area (Å²) in [6.07, 6.45) is 1.16. The highest BCUT2D eigenvalue weighted by Gasteiger charge is 2.08. The monoisotopic (exact) mass is 248 g/mol. The van der Waals surface area contributed by atoms with Gasteiger partial charge in [0.15, 0.2) is 0 Å². The fraction of sp³-hybridized carbons (Fsp3) is 0.533. The van der Waals surface area contributed by atoms with Crippen molar-refractivity contribution < 1.29 is 4.79 Å². The van der Waals surface area contributed by atoms with Crippen LogP contribution >= 0.6 is 0 Å². The molecule has 0 spiro atoms. The first-order chi connectivity index (χ1) is 8.37. The van der Waals surface area contributed by atoms with Crippen molar-refractivity contribution in [3.8, 4) is 0 Å². The Hall–Kier alpha value is -1.35. The largest absolute Gasteiger partial charge is 0.326 e.